The van der Waals surface area contributed by atoms with Gasteiger partial charge in [0, 0.05) is 10.0 Å². The smallest absolute Gasteiger partial charge is 0.125 e. The molecule has 0 fully saturated rings. The summed E-state index contributed by atoms with van der Waals surface area (Å²) in [7, 11) is 0. The third-order valence-electron chi connectivity index (χ3n) is 2.76. The van der Waals surface area contributed by atoms with Crippen molar-refractivity contribution in [2.75, 3.05) is 0 Å². The number of para-hydroxylation sites is 1. The highest BCUT2D eigenvalue weighted by Crippen LogP contribution is 2.33. The summed E-state index contributed by atoms with van der Waals surface area (Å²) in [6, 6.07) is 14.4. The molecule has 0 aliphatic carbocycles. The minimum absolute atomic E-state index is 1.04. The normalized spacial score (nSPS) is 10.7. The Balaban J connectivity index is 2.22. The molecule has 0 amide bonds. The van der Waals surface area contributed by atoms with Crippen molar-refractivity contribution in [2.45, 2.75) is 0 Å². The molecule has 1 aromatic heterocycles. The second-order valence-corrected chi connectivity index (χ2v) is 5.87. The van der Waals surface area contributed by atoms with Crippen molar-refractivity contribution in [1.29, 1.82) is 0 Å². The maximum atomic E-state index is 4.68. The number of benzene rings is 2. The monoisotopic (exact) mass is 315 g/mol. The van der Waals surface area contributed by atoms with Crippen LogP contribution in [0.5, 0.6) is 0 Å². The van der Waals surface area contributed by atoms with Gasteiger partial charge in [0.25, 0.3) is 0 Å². The molecule has 0 spiro atoms. The molecule has 3 heteroatoms. The fourth-order valence-electron chi connectivity index (χ4n) is 1.88. The summed E-state index contributed by atoms with van der Waals surface area (Å²) in [5.74, 6) is 0. The molecule has 3 aromatic rings. The average Bonchev–Trinajstić information content (AvgIpc) is 2.82. The molecule has 3 rings (SSSR count). The lowest BCUT2D eigenvalue weighted by Gasteiger charge is -2.02. The number of thiazole rings is 1. The summed E-state index contributed by atoms with van der Waals surface area (Å²) in [5.41, 5.74) is 3.29. The predicted molar refractivity (Wildman–Crippen MR) is 82.8 cm³/mol. The predicted octanol–water partition coefficient (Wildman–Crippen LogP) is 5.37. The molecule has 0 aliphatic rings. The number of hydrogen-bond acceptors (Lipinski definition) is 2. The second kappa shape index (κ2) is 4.67. The van der Waals surface area contributed by atoms with Gasteiger partial charge in [-0.25, -0.2) is 4.98 Å². The molecule has 0 saturated heterocycles. The molecular formula is C15H10BrNS. The zero-order valence-electron chi connectivity index (χ0n) is 9.56. The maximum Gasteiger partial charge on any atom is 0.125 e. The zero-order valence-corrected chi connectivity index (χ0v) is 12.0. The fraction of sp³-hybridized carbons (Fsp3) is 0. The summed E-state index contributed by atoms with van der Waals surface area (Å²) in [4.78, 5) is 4.68. The lowest BCUT2D eigenvalue weighted by atomic mass is 10.1. The Morgan fingerprint density at radius 2 is 2.00 bits per heavy atom. The van der Waals surface area contributed by atoms with Crippen LogP contribution in [-0.4, -0.2) is 4.98 Å². The Morgan fingerprint density at radius 1 is 1.17 bits per heavy atom. The van der Waals surface area contributed by atoms with Gasteiger partial charge in [-0.1, -0.05) is 46.8 Å². The molecule has 18 heavy (non-hydrogen) atoms. The van der Waals surface area contributed by atoms with Gasteiger partial charge in [-0.3, -0.25) is 0 Å². The van der Waals surface area contributed by atoms with E-state index in [9.17, 15) is 0 Å². The van der Waals surface area contributed by atoms with E-state index in [1.54, 1.807) is 11.3 Å². The summed E-state index contributed by atoms with van der Waals surface area (Å²) in [6.45, 7) is 3.87. The first-order valence-corrected chi connectivity index (χ1v) is 7.17. The van der Waals surface area contributed by atoms with Crippen LogP contribution in [0.15, 0.2) is 53.5 Å². The van der Waals surface area contributed by atoms with Crippen molar-refractivity contribution in [3.8, 4) is 10.6 Å². The van der Waals surface area contributed by atoms with Crippen molar-refractivity contribution < 1.29 is 0 Å². The first-order chi connectivity index (χ1) is 8.78. The summed E-state index contributed by atoms with van der Waals surface area (Å²) in [6.07, 6.45) is 1.87. The van der Waals surface area contributed by atoms with Gasteiger partial charge >= 0.3 is 0 Å². The van der Waals surface area contributed by atoms with Gasteiger partial charge in [-0.05, 0) is 29.8 Å². The van der Waals surface area contributed by atoms with E-state index in [1.165, 1.54) is 4.70 Å². The molecule has 0 radical (unpaired) electrons. The van der Waals surface area contributed by atoms with Gasteiger partial charge in [0.1, 0.15) is 5.01 Å². The summed E-state index contributed by atoms with van der Waals surface area (Å²) >= 11 is 5.19. The third kappa shape index (κ3) is 2.00. The van der Waals surface area contributed by atoms with E-state index in [0.717, 1.165) is 26.1 Å². The van der Waals surface area contributed by atoms with E-state index >= 15 is 0 Å². The van der Waals surface area contributed by atoms with Crippen LogP contribution in [0.2, 0.25) is 0 Å². The van der Waals surface area contributed by atoms with Gasteiger partial charge in [-0.2, -0.15) is 0 Å². The van der Waals surface area contributed by atoms with Crippen LogP contribution in [0.1, 0.15) is 5.56 Å². The number of rotatable bonds is 2. The quantitative estimate of drug-likeness (QED) is 0.619. The maximum absolute atomic E-state index is 4.68. The Bertz CT molecular complexity index is 697. The van der Waals surface area contributed by atoms with Crippen molar-refractivity contribution in [1.82, 2.24) is 4.98 Å². The van der Waals surface area contributed by atoms with Crippen molar-refractivity contribution in [3.63, 3.8) is 0 Å². The van der Waals surface area contributed by atoms with E-state index in [4.69, 9.17) is 0 Å². The molecule has 0 saturated carbocycles. The van der Waals surface area contributed by atoms with E-state index in [0.29, 0.717) is 0 Å². The topological polar surface area (TPSA) is 12.9 Å². The largest absolute Gasteiger partial charge is 0.236 e. The zero-order chi connectivity index (χ0) is 12.5. The third-order valence-corrected chi connectivity index (χ3v) is 4.32. The molecule has 0 N–H and O–H groups in total. The van der Waals surface area contributed by atoms with Crippen LogP contribution in [-0.2, 0) is 0 Å². The average molecular weight is 316 g/mol. The van der Waals surface area contributed by atoms with Crippen molar-refractivity contribution in [3.05, 3.63) is 59.1 Å². The SMILES string of the molecule is C=Cc1cc(Br)ccc1-c1nc2ccccc2s1. The van der Waals surface area contributed by atoms with Crippen LogP contribution in [0.25, 0.3) is 26.9 Å². The minimum atomic E-state index is 1.04. The number of hydrogen-bond donors (Lipinski definition) is 0. The van der Waals surface area contributed by atoms with Crippen LogP contribution in [0.3, 0.4) is 0 Å². The van der Waals surface area contributed by atoms with Crippen molar-refractivity contribution in [2.24, 2.45) is 0 Å². The van der Waals surface area contributed by atoms with E-state index in [1.807, 2.05) is 30.3 Å². The summed E-state index contributed by atoms with van der Waals surface area (Å²) < 4.78 is 2.27. The fourth-order valence-corrected chi connectivity index (χ4v) is 3.28. The first-order valence-electron chi connectivity index (χ1n) is 5.56. The molecule has 0 atom stereocenters. The van der Waals surface area contributed by atoms with Gasteiger partial charge < -0.3 is 0 Å². The van der Waals surface area contributed by atoms with E-state index < -0.39 is 0 Å². The second-order valence-electron chi connectivity index (χ2n) is 3.92. The van der Waals surface area contributed by atoms with E-state index in [2.05, 4.69) is 45.7 Å². The number of nitrogens with zero attached hydrogens (tertiary/aromatic N) is 1. The first kappa shape index (κ1) is 11.6. The standard InChI is InChI=1S/C15H10BrNS/c1-2-10-9-11(16)7-8-12(10)15-17-13-5-3-4-6-14(13)18-15/h2-9H,1H2. The van der Waals surface area contributed by atoms with Crippen LogP contribution in [0, 0.1) is 0 Å². The van der Waals surface area contributed by atoms with E-state index in [-0.39, 0.29) is 0 Å². The molecule has 0 unspecified atom stereocenters. The Morgan fingerprint density at radius 3 is 2.78 bits per heavy atom. The Hall–Kier alpha value is -1.45. The highest BCUT2D eigenvalue weighted by atomic mass is 79.9. The number of fused-ring (bicyclic) bond motifs is 1. The Labute approximate surface area is 118 Å². The lowest BCUT2D eigenvalue weighted by Crippen LogP contribution is -1.82. The number of halogens is 1. The Kier molecular flexibility index (Phi) is 3.02. The molecule has 1 heterocycles. The van der Waals surface area contributed by atoms with Gasteiger partial charge in [0.15, 0.2) is 0 Å². The molecule has 2 aromatic carbocycles. The number of aromatic nitrogens is 1. The highest BCUT2D eigenvalue weighted by Gasteiger charge is 2.09. The summed E-state index contributed by atoms with van der Waals surface area (Å²) in [5, 5.41) is 1.04. The molecular weight excluding hydrogens is 306 g/mol. The highest BCUT2D eigenvalue weighted by molar-refractivity contribution is 9.10. The van der Waals surface area contributed by atoms with Crippen molar-refractivity contribution >= 4 is 43.6 Å². The van der Waals surface area contributed by atoms with Crippen LogP contribution >= 0.6 is 27.3 Å². The minimum Gasteiger partial charge on any atom is -0.236 e. The molecule has 1 nitrogen and oxygen atoms in total. The van der Waals surface area contributed by atoms with Gasteiger partial charge in [-0.15, -0.1) is 11.3 Å². The molecule has 0 bridgehead atoms. The van der Waals surface area contributed by atoms with Gasteiger partial charge in [0.2, 0.25) is 0 Å². The van der Waals surface area contributed by atoms with Gasteiger partial charge in [0.05, 0.1) is 10.2 Å². The van der Waals surface area contributed by atoms with Crippen LogP contribution in [0.4, 0.5) is 0 Å². The van der Waals surface area contributed by atoms with Crippen LogP contribution < -0.4 is 0 Å². The molecule has 0 aliphatic heterocycles. The lowest BCUT2D eigenvalue weighted by molar-refractivity contribution is 1.46. The molecule has 88 valence electrons.